The summed E-state index contributed by atoms with van der Waals surface area (Å²) < 4.78 is 5.27. The van der Waals surface area contributed by atoms with Crippen LogP contribution in [-0.4, -0.2) is 24.7 Å². The molecule has 5 nitrogen and oxygen atoms in total. The summed E-state index contributed by atoms with van der Waals surface area (Å²) >= 11 is 5.60. The highest BCUT2D eigenvalue weighted by molar-refractivity contribution is 7.80. The number of methoxy groups -OCH3 is 1. The molecular formula is C24H31N3O2S. The maximum absolute atomic E-state index is 12.0. The van der Waals surface area contributed by atoms with Gasteiger partial charge in [0.25, 0.3) is 0 Å². The van der Waals surface area contributed by atoms with Gasteiger partial charge in [-0.3, -0.25) is 4.79 Å². The fraction of sp³-hybridized carbons (Fsp3) is 0.417. The van der Waals surface area contributed by atoms with E-state index >= 15 is 0 Å². The Kier molecular flexibility index (Phi) is 7.32. The summed E-state index contributed by atoms with van der Waals surface area (Å²) in [5.41, 5.74) is 4.14. The number of carbonyl (C=O) groups excluding carboxylic acids is 1. The van der Waals surface area contributed by atoms with E-state index in [2.05, 4.69) is 36.6 Å². The Bertz CT molecular complexity index is 896. The predicted octanol–water partition coefficient (Wildman–Crippen LogP) is 5.20. The first kappa shape index (κ1) is 22.1. The molecule has 0 aliphatic carbocycles. The molecule has 1 atom stereocenters. The maximum atomic E-state index is 12.0. The number of hydrogen-bond acceptors (Lipinski definition) is 3. The first-order chi connectivity index (χ1) is 14.4. The molecule has 1 aliphatic heterocycles. The highest BCUT2D eigenvalue weighted by Crippen LogP contribution is 2.28. The van der Waals surface area contributed by atoms with E-state index in [-0.39, 0.29) is 11.9 Å². The van der Waals surface area contributed by atoms with Gasteiger partial charge in [-0.05, 0) is 79.4 Å². The lowest BCUT2D eigenvalue weighted by Gasteiger charge is -2.24. The van der Waals surface area contributed by atoms with Gasteiger partial charge in [-0.15, -0.1) is 0 Å². The second kappa shape index (κ2) is 9.94. The molecule has 1 aliphatic rings. The average Bonchev–Trinajstić information content (AvgIpc) is 3.13. The number of aryl methyl sites for hydroxylation is 1. The van der Waals surface area contributed by atoms with Crippen LogP contribution < -0.4 is 20.3 Å². The van der Waals surface area contributed by atoms with Crippen LogP contribution in [0.25, 0.3) is 0 Å². The molecule has 30 heavy (non-hydrogen) atoms. The van der Waals surface area contributed by atoms with Gasteiger partial charge >= 0.3 is 0 Å². The minimum atomic E-state index is 0.110. The van der Waals surface area contributed by atoms with Crippen molar-refractivity contribution in [2.45, 2.75) is 46.1 Å². The summed E-state index contributed by atoms with van der Waals surface area (Å²) in [6.07, 6.45) is 2.52. The second-order valence-electron chi connectivity index (χ2n) is 8.20. The minimum absolute atomic E-state index is 0.110. The summed E-state index contributed by atoms with van der Waals surface area (Å²) in [5.74, 6) is 1.56. The zero-order chi connectivity index (χ0) is 21.7. The highest BCUT2D eigenvalue weighted by atomic mass is 32.1. The van der Waals surface area contributed by atoms with Crippen molar-refractivity contribution in [3.63, 3.8) is 0 Å². The Labute approximate surface area is 184 Å². The molecule has 160 valence electrons. The van der Waals surface area contributed by atoms with E-state index in [0.717, 1.165) is 42.1 Å². The number of rotatable bonds is 7. The normalized spacial score (nSPS) is 14.7. The van der Waals surface area contributed by atoms with E-state index in [9.17, 15) is 4.79 Å². The lowest BCUT2D eigenvalue weighted by Crippen LogP contribution is -2.33. The van der Waals surface area contributed by atoms with Gasteiger partial charge in [-0.2, -0.15) is 0 Å². The van der Waals surface area contributed by atoms with Crippen molar-refractivity contribution in [3.8, 4) is 5.75 Å². The molecule has 3 rings (SSSR count). The van der Waals surface area contributed by atoms with E-state index in [4.69, 9.17) is 17.0 Å². The largest absolute Gasteiger partial charge is 0.497 e. The van der Waals surface area contributed by atoms with Gasteiger partial charge in [0.15, 0.2) is 5.11 Å². The Morgan fingerprint density at radius 1 is 1.20 bits per heavy atom. The van der Waals surface area contributed by atoms with Crippen molar-refractivity contribution in [1.29, 1.82) is 0 Å². The smallest absolute Gasteiger partial charge is 0.227 e. The van der Waals surface area contributed by atoms with E-state index in [1.807, 2.05) is 42.2 Å². The lowest BCUT2D eigenvalue weighted by atomic mass is 9.97. The van der Waals surface area contributed by atoms with Crippen molar-refractivity contribution >= 4 is 34.6 Å². The summed E-state index contributed by atoms with van der Waals surface area (Å²) in [5, 5.41) is 7.35. The number of thiocarbonyl (C=S) groups is 1. The van der Waals surface area contributed by atoms with Crippen molar-refractivity contribution < 1.29 is 9.53 Å². The van der Waals surface area contributed by atoms with E-state index in [1.165, 1.54) is 5.56 Å². The van der Waals surface area contributed by atoms with E-state index in [1.54, 1.807) is 7.11 Å². The van der Waals surface area contributed by atoms with Crippen LogP contribution in [0.3, 0.4) is 0 Å². The van der Waals surface area contributed by atoms with E-state index < -0.39 is 0 Å². The quantitative estimate of drug-likeness (QED) is 0.597. The third kappa shape index (κ3) is 5.51. The van der Waals surface area contributed by atoms with Crippen LogP contribution in [0.1, 0.15) is 50.3 Å². The van der Waals surface area contributed by atoms with E-state index in [0.29, 0.717) is 17.5 Å². The number of benzene rings is 2. The van der Waals surface area contributed by atoms with Crippen LogP contribution in [0.5, 0.6) is 5.75 Å². The predicted molar refractivity (Wildman–Crippen MR) is 127 cm³/mol. The van der Waals surface area contributed by atoms with Crippen molar-refractivity contribution in [1.82, 2.24) is 5.32 Å². The number of ether oxygens (including phenoxy) is 1. The van der Waals surface area contributed by atoms with Crippen molar-refractivity contribution in [3.05, 3.63) is 53.6 Å². The third-order valence-electron chi connectivity index (χ3n) is 5.35. The molecule has 1 saturated heterocycles. The highest BCUT2D eigenvalue weighted by Gasteiger charge is 2.23. The Morgan fingerprint density at radius 3 is 2.50 bits per heavy atom. The van der Waals surface area contributed by atoms with Gasteiger partial charge in [0.05, 0.1) is 13.2 Å². The fourth-order valence-electron chi connectivity index (χ4n) is 3.85. The molecule has 0 unspecified atom stereocenters. The minimum Gasteiger partial charge on any atom is -0.497 e. The Hall–Kier alpha value is -2.60. The molecule has 0 spiro atoms. The van der Waals surface area contributed by atoms with Crippen molar-refractivity contribution in [2.75, 3.05) is 23.9 Å². The number of nitrogens with one attached hydrogen (secondary N) is 2. The van der Waals surface area contributed by atoms with Crippen LogP contribution >= 0.6 is 12.2 Å². The van der Waals surface area contributed by atoms with Gasteiger partial charge < -0.3 is 20.3 Å². The number of carbonyl (C=O) groups is 1. The van der Waals surface area contributed by atoms with Gasteiger partial charge in [-0.1, -0.05) is 26.0 Å². The summed E-state index contributed by atoms with van der Waals surface area (Å²) in [7, 11) is 1.67. The molecule has 0 bridgehead atoms. The number of anilines is 2. The zero-order valence-electron chi connectivity index (χ0n) is 18.2. The molecule has 2 N–H and O–H groups in total. The molecule has 1 heterocycles. The monoisotopic (exact) mass is 425 g/mol. The molecule has 0 radical (unpaired) electrons. The van der Waals surface area contributed by atoms with Crippen LogP contribution in [0, 0.1) is 12.8 Å². The Balaban J connectivity index is 1.68. The number of nitrogens with zero attached hydrogens (tertiary/aromatic N) is 1. The topological polar surface area (TPSA) is 53.6 Å². The first-order valence-electron chi connectivity index (χ1n) is 10.5. The summed E-state index contributed by atoms with van der Waals surface area (Å²) in [6, 6.07) is 14.2. The fourth-order valence-corrected chi connectivity index (χ4v) is 4.11. The van der Waals surface area contributed by atoms with Crippen LogP contribution in [-0.2, 0) is 4.79 Å². The molecule has 0 saturated carbocycles. The first-order valence-corrected chi connectivity index (χ1v) is 10.9. The number of hydrogen-bond donors (Lipinski definition) is 2. The molecular weight excluding hydrogens is 394 g/mol. The van der Waals surface area contributed by atoms with Gasteiger partial charge in [0, 0.05) is 24.3 Å². The summed E-state index contributed by atoms with van der Waals surface area (Å²) in [6.45, 7) is 7.24. The molecule has 1 amide bonds. The molecule has 2 aromatic rings. The van der Waals surface area contributed by atoms with Crippen LogP contribution in [0.2, 0.25) is 0 Å². The molecule has 0 aromatic heterocycles. The second-order valence-corrected chi connectivity index (χ2v) is 8.61. The average molecular weight is 426 g/mol. The number of amides is 1. The van der Waals surface area contributed by atoms with Crippen LogP contribution in [0.15, 0.2) is 42.5 Å². The Morgan fingerprint density at radius 2 is 1.93 bits per heavy atom. The lowest BCUT2D eigenvalue weighted by molar-refractivity contribution is -0.117. The van der Waals surface area contributed by atoms with Crippen molar-refractivity contribution in [2.24, 2.45) is 5.92 Å². The van der Waals surface area contributed by atoms with Crippen LogP contribution in [0.4, 0.5) is 11.4 Å². The molecule has 6 heteroatoms. The van der Waals surface area contributed by atoms with Gasteiger partial charge in [0.2, 0.25) is 5.91 Å². The summed E-state index contributed by atoms with van der Waals surface area (Å²) in [4.78, 5) is 13.9. The third-order valence-corrected chi connectivity index (χ3v) is 5.57. The maximum Gasteiger partial charge on any atom is 0.227 e. The zero-order valence-corrected chi connectivity index (χ0v) is 19.0. The van der Waals surface area contributed by atoms with Gasteiger partial charge in [-0.25, -0.2) is 0 Å². The molecule has 1 fully saturated rings. The standard InChI is InChI=1S/C24H31N3O2S/c1-16(2)14-21(18-7-10-20(29-4)11-8-18)26-24(30)25-19-9-12-22(17(3)15-19)27-13-5-6-23(27)28/h7-12,15-16,21H,5-6,13-14H2,1-4H3,(H2,25,26,30)/t21-/m1/s1. The molecule has 2 aromatic carbocycles. The van der Waals surface area contributed by atoms with Gasteiger partial charge in [0.1, 0.15) is 5.75 Å². The SMILES string of the molecule is COc1ccc([C@@H](CC(C)C)NC(=S)Nc2ccc(N3CCCC3=O)c(C)c2)cc1.